The number of rotatable bonds is 3. The van der Waals surface area contributed by atoms with Gasteiger partial charge in [-0.05, 0) is 25.0 Å². The van der Waals surface area contributed by atoms with Crippen LogP contribution in [0.1, 0.15) is 30.3 Å². The molecule has 8 nitrogen and oxygen atoms in total. The Morgan fingerprint density at radius 2 is 1.92 bits per heavy atom. The fourth-order valence-corrected chi connectivity index (χ4v) is 2.91. The number of nitrogens with one attached hydrogen (secondary N) is 2. The first-order valence-corrected chi connectivity index (χ1v) is 8.03. The Morgan fingerprint density at radius 3 is 2.64 bits per heavy atom. The predicted molar refractivity (Wildman–Crippen MR) is 89.6 cm³/mol. The zero-order valence-electron chi connectivity index (χ0n) is 13.8. The second-order valence-electron chi connectivity index (χ2n) is 5.81. The molecule has 1 aliphatic heterocycles. The van der Waals surface area contributed by atoms with E-state index in [1.54, 1.807) is 10.9 Å². The number of carbonyl (C=O) groups is 3. The fraction of sp³-hybridized carbons (Fsp3) is 0.294. The number of aromatic nitrogens is 2. The van der Waals surface area contributed by atoms with Gasteiger partial charge in [0.25, 0.3) is 11.8 Å². The van der Waals surface area contributed by atoms with E-state index in [1.807, 2.05) is 30.3 Å². The number of nitrogens with zero attached hydrogens (tertiary/aromatic N) is 3. The summed E-state index contributed by atoms with van der Waals surface area (Å²) >= 11 is 0. The molecular formula is C17H19N5O3. The molecule has 25 heavy (non-hydrogen) atoms. The van der Waals surface area contributed by atoms with Crippen LogP contribution in [0.2, 0.25) is 0 Å². The lowest BCUT2D eigenvalue weighted by molar-refractivity contribution is -0.130. The SMILES string of the molecule is CC(=O)NNC(=O)[C@H]1CCCN1C(=O)c1cncn1-c1ccccc1. The molecule has 0 spiro atoms. The molecule has 0 aliphatic carbocycles. The number of hydrazine groups is 1. The van der Waals surface area contributed by atoms with Crippen LogP contribution in [0.4, 0.5) is 0 Å². The van der Waals surface area contributed by atoms with E-state index in [-0.39, 0.29) is 11.8 Å². The first kappa shape index (κ1) is 16.7. The number of para-hydroxylation sites is 1. The summed E-state index contributed by atoms with van der Waals surface area (Å²) in [6.45, 7) is 1.78. The molecule has 8 heteroatoms. The zero-order chi connectivity index (χ0) is 17.8. The zero-order valence-corrected chi connectivity index (χ0v) is 13.8. The van der Waals surface area contributed by atoms with Gasteiger partial charge in [0.2, 0.25) is 5.91 Å². The number of imidazole rings is 1. The van der Waals surface area contributed by atoms with Crippen molar-refractivity contribution >= 4 is 17.7 Å². The minimum atomic E-state index is -0.613. The van der Waals surface area contributed by atoms with E-state index in [0.29, 0.717) is 18.7 Å². The summed E-state index contributed by atoms with van der Waals surface area (Å²) < 4.78 is 1.70. The van der Waals surface area contributed by atoms with Crippen LogP contribution in [-0.2, 0) is 9.59 Å². The lowest BCUT2D eigenvalue weighted by Gasteiger charge is -2.24. The maximum Gasteiger partial charge on any atom is 0.273 e. The fourth-order valence-electron chi connectivity index (χ4n) is 2.91. The molecule has 1 aliphatic rings. The molecular weight excluding hydrogens is 322 g/mol. The average molecular weight is 341 g/mol. The Hall–Kier alpha value is -3.16. The number of hydrogen-bond acceptors (Lipinski definition) is 4. The van der Waals surface area contributed by atoms with Crippen molar-refractivity contribution in [2.75, 3.05) is 6.54 Å². The second-order valence-corrected chi connectivity index (χ2v) is 5.81. The van der Waals surface area contributed by atoms with Gasteiger partial charge < -0.3 is 4.90 Å². The second kappa shape index (κ2) is 7.16. The minimum absolute atomic E-state index is 0.262. The van der Waals surface area contributed by atoms with Crippen LogP contribution >= 0.6 is 0 Å². The number of benzene rings is 1. The van der Waals surface area contributed by atoms with Gasteiger partial charge in [-0.1, -0.05) is 18.2 Å². The van der Waals surface area contributed by atoms with Crippen molar-refractivity contribution in [2.24, 2.45) is 0 Å². The highest BCUT2D eigenvalue weighted by atomic mass is 16.2. The molecule has 1 saturated heterocycles. The van der Waals surface area contributed by atoms with Crippen molar-refractivity contribution < 1.29 is 14.4 Å². The van der Waals surface area contributed by atoms with Crippen LogP contribution < -0.4 is 10.9 Å². The van der Waals surface area contributed by atoms with Gasteiger partial charge >= 0.3 is 0 Å². The van der Waals surface area contributed by atoms with Crippen LogP contribution in [0.15, 0.2) is 42.9 Å². The quantitative estimate of drug-likeness (QED) is 0.801. The molecule has 0 saturated carbocycles. The summed E-state index contributed by atoms with van der Waals surface area (Å²) in [6, 6.07) is 8.79. The van der Waals surface area contributed by atoms with Crippen molar-refractivity contribution in [3.8, 4) is 5.69 Å². The van der Waals surface area contributed by atoms with Crippen molar-refractivity contribution in [2.45, 2.75) is 25.8 Å². The maximum atomic E-state index is 13.0. The number of carbonyl (C=O) groups excluding carboxylic acids is 3. The van der Waals surface area contributed by atoms with Crippen molar-refractivity contribution in [1.82, 2.24) is 25.3 Å². The molecule has 2 heterocycles. The van der Waals surface area contributed by atoms with Gasteiger partial charge in [0.1, 0.15) is 11.7 Å². The summed E-state index contributed by atoms with van der Waals surface area (Å²) in [5.41, 5.74) is 5.82. The molecule has 0 unspecified atom stereocenters. The molecule has 3 rings (SSSR count). The molecule has 1 aromatic carbocycles. The summed E-state index contributed by atoms with van der Waals surface area (Å²) in [6.07, 6.45) is 4.35. The Labute approximate surface area is 144 Å². The molecule has 0 radical (unpaired) electrons. The molecule has 1 aromatic heterocycles. The third-order valence-electron chi connectivity index (χ3n) is 4.07. The van der Waals surface area contributed by atoms with E-state index >= 15 is 0 Å². The number of hydrogen-bond donors (Lipinski definition) is 2. The van der Waals surface area contributed by atoms with Crippen molar-refractivity contribution in [1.29, 1.82) is 0 Å². The summed E-state index contributed by atoms with van der Waals surface area (Å²) in [5, 5.41) is 0. The van der Waals surface area contributed by atoms with Crippen LogP contribution in [0.3, 0.4) is 0 Å². The lowest BCUT2D eigenvalue weighted by atomic mass is 10.2. The number of amides is 3. The molecule has 130 valence electrons. The highest BCUT2D eigenvalue weighted by Gasteiger charge is 2.35. The van der Waals surface area contributed by atoms with E-state index in [1.165, 1.54) is 18.0 Å². The molecule has 0 bridgehead atoms. The van der Waals surface area contributed by atoms with Crippen LogP contribution in [0.25, 0.3) is 5.69 Å². The third kappa shape index (κ3) is 3.52. The summed E-state index contributed by atoms with van der Waals surface area (Å²) in [7, 11) is 0. The molecule has 2 aromatic rings. The molecule has 3 amide bonds. The minimum Gasteiger partial charge on any atom is -0.325 e. The highest BCUT2D eigenvalue weighted by molar-refractivity contribution is 5.97. The standard InChI is InChI=1S/C17H19N5O3/c1-12(23)19-20-16(24)14-8-5-9-21(14)17(25)15-10-18-11-22(15)13-6-3-2-4-7-13/h2-4,6-7,10-11,14H,5,8-9H2,1H3,(H,19,23)(H,20,24)/t14-/m1/s1. The summed E-state index contributed by atoms with van der Waals surface area (Å²) in [4.78, 5) is 41.7. The summed E-state index contributed by atoms with van der Waals surface area (Å²) in [5.74, 6) is -1.03. The molecule has 1 fully saturated rings. The Balaban J connectivity index is 1.80. The van der Waals surface area contributed by atoms with Crippen molar-refractivity contribution in [3.05, 3.63) is 48.5 Å². The van der Waals surface area contributed by atoms with Gasteiger partial charge in [-0.25, -0.2) is 4.98 Å². The highest BCUT2D eigenvalue weighted by Crippen LogP contribution is 2.21. The van der Waals surface area contributed by atoms with E-state index in [0.717, 1.165) is 12.1 Å². The van der Waals surface area contributed by atoms with Gasteiger partial charge in [-0.3, -0.25) is 29.8 Å². The van der Waals surface area contributed by atoms with E-state index in [4.69, 9.17) is 0 Å². The Bertz CT molecular complexity index is 787. The Morgan fingerprint density at radius 1 is 1.16 bits per heavy atom. The van der Waals surface area contributed by atoms with E-state index in [2.05, 4.69) is 15.8 Å². The van der Waals surface area contributed by atoms with E-state index in [9.17, 15) is 14.4 Å². The smallest absolute Gasteiger partial charge is 0.273 e. The Kier molecular flexibility index (Phi) is 4.78. The van der Waals surface area contributed by atoms with Gasteiger partial charge in [-0.15, -0.1) is 0 Å². The van der Waals surface area contributed by atoms with Gasteiger partial charge in [-0.2, -0.15) is 0 Å². The normalized spacial score (nSPS) is 16.5. The topological polar surface area (TPSA) is 96.3 Å². The van der Waals surface area contributed by atoms with Crippen LogP contribution in [0, 0.1) is 0 Å². The number of likely N-dealkylation sites (tertiary alicyclic amines) is 1. The average Bonchev–Trinajstić information content (AvgIpc) is 3.29. The monoisotopic (exact) mass is 341 g/mol. The van der Waals surface area contributed by atoms with Crippen molar-refractivity contribution in [3.63, 3.8) is 0 Å². The molecule has 2 N–H and O–H groups in total. The van der Waals surface area contributed by atoms with Crippen LogP contribution in [0.5, 0.6) is 0 Å². The predicted octanol–water partition coefficient (Wildman–Crippen LogP) is 0.644. The van der Waals surface area contributed by atoms with Gasteiger partial charge in [0.15, 0.2) is 0 Å². The van der Waals surface area contributed by atoms with E-state index < -0.39 is 11.9 Å². The van der Waals surface area contributed by atoms with Crippen LogP contribution in [-0.4, -0.2) is 44.8 Å². The molecule has 1 atom stereocenters. The maximum absolute atomic E-state index is 13.0. The first-order valence-electron chi connectivity index (χ1n) is 8.03. The van der Waals surface area contributed by atoms with Gasteiger partial charge in [0.05, 0.1) is 12.5 Å². The lowest BCUT2D eigenvalue weighted by Crippen LogP contribution is -2.51. The third-order valence-corrected chi connectivity index (χ3v) is 4.07. The largest absolute Gasteiger partial charge is 0.325 e. The first-order chi connectivity index (χ1) is 12.1. The van der Waals surface area contributed by atoms with Gasteiger partial charge in [0, 0.05) is 19.2 Å².